The topological polar surface area (TPSA) is 30.8 Å². The summed E-state index contributed by atoms with van der Waals surface area (Å²) < 4.78 is 32.5. The summed E-state index contributed by atoms with van der Waals surface area (Å²) in [6.07, 6.45) is 4.07. The molecule has 1 aliphatic rings. The number of hydrogen-bond acceptors (Lipinski definition) is 3. The average molecular weight is 412 g/mol. The summed E-state index contributed by atoms with van der Waals surface area (Å²) in [4.78, 5) is 5.33. The van der Waals surface area contributed by atoms with E-state index >= 15 is 0 Å². The van der Waals surface area contributed by atoms with Crippen molar-refractivity contribution in [2.75, 3.05) is 6.61 Å². The number of fused-ring (bicyclic) bond motifs is 1. The summed E-state index contributed by atoms with van der Waals surface area (Å²) >= 11 is 11.2. The molecule has 0 saturated heterocycles. The Balaban J connectivity index is 1.73. The van der Waals surface area contributed by atoms with E-state index in [1.807, 2.05) is 18.2 Å². The van der Waals surface area contributed by atoms with Crippen LogP contribution in [0, 0.1) is 11.6 Å². The van der Waals surface area contributed by atoms with Crippen molar-refractivity contribution in [1.29, 1.82) is 0 Å². The summed E-state index contributed by atoms with van der Waals surface area (Å²) in [7, 11) is 0. The van der Waals surface area contributed by atoms with Crippen LogP contribution < -0.4 is 4.74 Å². The van der Waals surface area contributed by atoms with Gasteiger partial charge in [0.1, 0.15) is 35.1 Å². The smallest absolute Gasteiger partial charge is 0.145 e. The Morgan fingerprint density at radius 2 is 2.00 bits per heavy atom. The van der Waals surface area contributed by atoms with Crippen LogP contribution in [-0.2, 0) is 17.9 Å². The zero-order valence-corrected chi connectivity index (χ0v) is 15.9. The lowest BCUT2D eigenvalue weighted by atomic mass is 9.89. The molecule has 0 amide bonds. The Kier molecular flexibility index (Phi) is 6.69. The average Bonchev–Trinajstić information content (AvgIpc) is 2.63. The van der Waals surface area contributed by atoms with Crippen LogP contribution in [0.2, 0.25) is 0 Å². The van der Waals surface area contributed by atoms with Crippen LogP contribution in [0.5, 0.6) is 5.75 Å². The van der Waals surface area contributed by atoms with Crippen molar-refractivity contribution in [2.45, 2.75) is 25.9 Å². The van der Waals surface area contributed by atoms with E-state index < -0.39 is 11.6 Å². The highest BCUT2D eigenvalue weighted by atomic mass is 35.5. The fourth-order valence-electron chi connectivity index (χ4n) is 2.90. The largest absolute Gasteiger partial charge is 0.489 e. The molecular weight excluding hydrogens is 395 g/mol. The highest BCUT2D eigenvalue weighted by Crippen LogP contribution is 2.30. The molecule has 1 aliphatic carbocycles. The van der Waals surface area contributed by atoms with Gasteiger partial charge in [-0.15, -0.1) is 0 Å². The fourth-order valence-corrected chi connectivity index (χ4v) is 3.03. The molecule has 0 radical (unpaired) electrons. The number of hydrogen-bond donors (Lipinski definition) is 0. The van der Waals surface area contributed by atoms with Gasteiger partial charge in [-0.1, -0.05) is 40.5 Å². The minimum absolute atomic E-state index is 0.0693. The third-order valence-corrected chi connectivity index (χ3v) is 4.48. The van der Waals surface area contributed by atoms with E-state index in [0.29, 0.717) is 0 Å². The molecule has 0 aromatic heterocycles. The molecule has 0 unspecified atom stereocenters. The molecule has 7 heteroatoms. The van der Waals surface area contributed by atoms with E-state index in [0.717, 1.165) is 47.9 Å². The van der Waals surface area contributed by atoms with Gasteiger partial charge in [0.15, 0.2) is 0 Å². The molecule has 27 heavy (non-hydrogen) atoms. The number of benzene rings is 2. The van der Waals surface area contributed by atoms with Crippen LogP contribution in [0.1, 0.15) is 29.5 Å². The van der Waals surface area contributed by atoms with Crippen molar-refractivity contribution in [3.05, 3.63) is 75.3 Å². The Bertz CT molecular complexity index is 880. The van der Waals surface area contributed by atoms with Crippen LogP contribution >= 0.6 is 23.2 Å². The van der Waals surface area contributed by atoms with E-state index in [9.17, 15) is 8.78 Å². The molecule has 0 heterocycles. The van der Waals surface area contributed by atoms with Gasteiger partial charge < -0.3 is 9.57 Å². The SMILES string of the molecule is Fc1ccc(CO/N=C2\CCCc3c(OCC=C(Cl)Cl)cccc32)c(F)c1. The monoisotopic (exact) mass is 411 g/mol. The molecule has 0 spiro atoms. The maximum Gasteiger partial charge on any atom is 0.145 e. The fraction of sp³-hybridized carbons (Fsp3) is 0.250. The lowest BCUT2D eigenvalue weighted by molar-refractivity contribution is 0.127. The molecule has 0 saturated carbocycles. The van der Waals surface area contributed by atoms with Crippen molar-refractivity contribution >= 4 is 28.9 Å². The summed E-state index contributed by atoms with van der Waals surface area (Å²) in [6.45, 7) is 0.200. The van der Waals surface area contributed by atoms with Crippen LogP contribution in [0.3, 0.4) is 0 Å². The predicted molar refractivity (Wildman–Crippen MR) is 102 cm³/mol. The molecule has 0 aliphatic heterocycles. The highest BCUT2D eigenvalue weighted by Gasteiger charge is 2.19. The van der Waals surface area contributed by atoms with E-state index in [2.05, 4.69) is 5.16 Å². The zero-order valence-electron chi connectivity index (χ0n) is 14.4. The number of oxime groups is 1. The van der Waals surface area contributed by atoms with Crippen molar-refractivity contribution in [1.82, 2.24) is 0 Å². The van der Waals surface area contributed by atoms with E-state index in [1.165, 1.54) is 12.1 Å². The van der Waals surface area contributed by atoms with Gasteiger partial charge in [0.2, 0.25) is 0 Å². The Labute approximate surface area is 166 Å². The first-order valence-corrected chi connectivity index (χ1v) is 9.19. The Morgan fingerprint density at radius 3 is 2.78 bits per heavy atom. The molecule has 0 fully saturated rings. The molecule has 3 rings (SSSR count). The van der Waals surface area contributed by atoms with Crippen molar-refractivity contribution in [2.24, 2.45) is 5.16 Å². The maximum atomic E-state index is 13.7. The van der Waals surface area contributed by atoms with Crippen LogP contribution in [0.25, 0.3) is 0 Å². The second-order valence-electron chi connectivity index (χ2n) is 5.99. The second-order valence-corrected chi connectivity index (χ2v) is 7.00. The van der Waals surface area contributed by atoms with Gasteiger partial charge in [-0.2, -0.15) is 0 Å². The summed E-state index contributed by atoms with van der Waals surface area (Å²) in [5, 5.41) is 4.18. The minimum Gasteiger partial charge on any atom is -0.489 e. The van der Waals surface area contributed by atoms with Crippen LogP contribution in [0.4, 0.5) is 8.78 Å². The molecule has 0 atom stereocenters. The normalized spacial score (nSPS) is 14.6. The number of ether oxygens (including phenoxy) is 1. The van der Waals surface area contributed by atoms with Crippen molar-refractivity contribution < 1.29 is 18.4 Å². The first kappa shape index (κ1) is 19.6. The van der Waals surface area contributed by atoms with Gasteiger partial charge in [0.25, 0.3) is 0 Å². The van der Waals surface area contributed by atoms with Gasteiger partial charge in [-0.05, 0) is 43.5 Å². The van der Waals surface area contributed by atoms with E-state index in [-0.39, 0.29) is 23.3 Å². The molecule has 2 aromatic rings. The van der Waals surface area contributed by atoms with Crippen molar-refractivity contribution in [3.63, 3.8) is 0 Å². The third-order valence-electron chi connectivity index (χ3n) is 4.17. The first-order valence-electron chi connectivity index (χ1n) is 8.43. The van der Waals surface area contributed by atoms with Gasteiger partial charge in [-0.25, -0.2) is 8.78 Å². The summed E-state index contributed by atoms with van der Waals surface area (Å²) in [6, 6.07) is 9.07. The lowest BCUT2D eigenvalue weighted by Crippen LogP contribution is -2.14. The summed E-state index contributed by atoms with van der Waals surface area (Å²) in [5.74, 6) is -0.530. The predicted octanol–water partition coefficient (Wildman–Crippen LogP) is 5.92. The zero-order chi connectivity index (χ0) is 19.2. The highest BCUT2D eigenvalue weighted by molar-refractivity contribution is 6.55. The summed E-state index contributed by atoms with van der Waals surface area (Å²) in [5.41, 5.74) is 3.01. The van der Waals surface area contributed by atoms with Gasteiger partial charge in [0, 0.05) is 22.8 Å². The molecule has 3 nitrogen and oxygen atoms in total. The molecule has 2 aromatic carbocycles. The van der Waals surface area contributed by atoms with Crippen molar-refractivity contribution in [3.8, 4) is 5.75 Å². The standard InChI is InChI=1S/C20H17Cl2F2NO2/c21-20(22)9-10-26-19-6-2-3-15-16(19)4-1-5-18(15)25-27-12-13-7-8-14(23)11-17(13)24/h2-3,6-9,11H,1,4-5,10,12H2/b25-18+. The Morgan fingerprint density at radius 1 is 1.15 bits per heavy atom. The molecular formula is C20H17Cl2F2NO2. The number of nitrogens with zero attached hydrogens (tertiary/aromatic N) is 1. The number of halogens is 4. The van der Waals surface area contributed by atoms with Gasteiger partial charge in [0.05, 0.1) is 5.71 Å². The van der Waals surface area contributed by atoms with Gasteiger partial charge in [-0.3, -0.25) is 0 Å². The van der Waals surface area contributed by atoms with Crippen LogP contribution in [0.15, 0.2) is 52.1 Å². The Hall–Kier alpha value is -2.11. The van der Waals surface area contributed by atoms with Crippen LogP contribution in [-0.4, -0.2) is 12.3 Å². The second kappa shape index (κ2) is 9.20. The quantitative estimate of drug-likeness (QED) is 0.552. The first-order chi connectivity index (χ1) is 13.0. The lowest BCUT2D eigenvalue weighted by Gasteiger charge is -2.20. The minimum atomic E-state index is -0.652. The maximum absolute atomic E-state index is 13.7. The third kappa shape index (κ3) is 5.21. The molecule has 142 valence electrons. The molecule has 0 bridgehead atoms. The number of rotatable bonds is 6. The van der Waals surface area contributed by atoms with E-state index in [1.54, 1.807) is 6.08 Å². The van der Waals surface area contributed by atoms with E-state index in [4.69, 9.17) is 32.8 Å². The molecule has 0 N–H and O–H groups in total. The van der Waals surface area contributed by atoms with Gasteiger partial charge >= 0.3 is 0 Å².